The molecule has 3 atom stereocenters. The Morgan fingerprint density at radius 1 is 1.32 bits per heavy atom. The molecule has 106 valence electrons. The molecule has 0 aliphatic carbocycles. The van der Waals surface area contributed by atoms with Crippen LogP contribution in [-0.2, 0) is 0 Å². The highest BCUT2D eigenvalue weighted by Crippen LogP contribution is 2.18. The number of aliphatic hydroxyl groups is 1. The van der Waals surface area contributed by atoms with Gasteiger partial charge in [-0.2, -0.15) is 0 Å². The van der Waals surface area contributed by atoms with Crippen molar-refractivity contribution in [2.24, 2.45) is 5.92 Å². The summed E-state index contributed by atoms with van der Waals surface area (Å²) < 4.78 is 0. The molecule has 0 bridgehead atoms. The second kappa shape index (κ2) is 6.68. The van der Waals surface area contributed by atoms with Crippen molar-refractivity contribution in [3.8, 4) is 0 Å². The van der Waals surface area contributed by atoms with Gasteiger partial charge in [0.15, 0.2) is 0 Å². The van der Waals surface area contributed by atoms with Crippen molar-refractivity contribution in [1.82, 2.24) is 16.2 Å². The molecule has 0 amide bonds. The summed E-state index contributed by atoms with van der Waals surface area (Å²) in [7, 11) is 0. The molecule has 1 saturated heterocycles. The summed E-state index contributed by atoms with van der Waals surface area (Å²) in [5.41, 5.74) is 7.30. The van der Waals surface area contributed by atoms with Crippen LogP contribution < -0.4 is 16.2 Å². The van der Waals surface area contributed by atoms with Crippen molar-refractivity contribution in [3.63, 3.8) is 0 Å². The molecule has 0 spiro atoms. The average molecular weight is 284 g/mol. The number of hydrogen-bond donors (Lipinski definition) is 4. The lowest BCUT2D eigenvalue weighted by Gasteiger charge is -2.20. The topological polar surface area (TPSA) is 56.3 Å². The predicted octanol–water partition coefficient (Wildman–Crippen LogP) is 1.46. The van der Waals surface area contributed by atoms with Gasteiger partial charge in [0.05, 0.1) is 6.10 Å². The van der Waals surface area contributed by atoms with Crippen molar-refractivity contribution in [2.45, 2.75) is 32.0 Å². The number of aliphatic hydroxyl groups excluding tert-OH is 1. The molecule has 1 aliphatic heterocycles. The van der Waals surface area contributed by atoms with Gasteiger partial charge in [-0.3, -0.25) is 10.9 Å². The molecule has 4 nitrogen and oxygen atoms in total. The highest BCUT2D eigenvalue weighted by molar-refractivity contribution is 6.30. The largest absolute Gasteiger partial charge is 0.387 e. The minimum Gasteiger partial charge on any atom is -0.387 e. The smallest absolute Gasteiger partial charge is 0.0914 e. The third-order valence-corrected chi connectivity index (χ3v) is 4.01. The quantitative estimate of drug-likeness (QED) is 0.661. The average Bonchev–Trinajstić information content (AvgIpc) is 2.70. The first-order chi connectivity index (χ1) is 9.08. The van der Waals surface area contributed by atoms with Gasteiger partial charge < -0.3 is 10.4 Å². The minimum atomic E-state index is -0.522. The molecule has 1 aromatic rings. The first kappa shape index (κ1) is 14.8. The first-order valence-electron chi connectivity index (χ1n) is 6.73. The molecule has 0 aromatic heterocycles. The molecule has 1 aromatic carbocycles. The lowest BCUT2D eigenvalue weighted by molar-refractivity contribution is 0.172. The molecule has 3 unspecified atom stereocenters. The SMILES string of the molecule is CC1NNC(C)C1CNCC(O)c1cccc(Cl)c1. The van der Waals surface area contributed by atoms with E-state index < -0.39 is 6.10 Å². The third-order valence-electron chi connectivity index (χ3n) is 3.77. The van der Waals surface area contributed by atoms with Crippen LogP contribution in [-0.4, -0.2) is 30.3 Å². The summed E-state index contributed by atoms with van der Waals surface area (Å²) in [5.74, 6) is 0.520. The van der Waals surface area contributed by atoms with E-state index in [2.05, 4.69) is 30.0 Å². The van der Waals surface area contributed by atoms with Crippen LogP contribution in [0, 0.1) is 5.92 Å². The fourth-order valence-corrected chi connectivity index (χ4v) is 2.68. The zero-order valence-corrected chi connectivity index (χ0v) is 12.1. The van der Waals surface area contributed by atoms with Crippen molar-refractivity contribution < 1.29 is 5.11 Å². The summed E-state index contributed by atoms with van der Waals surface area (Å²) in [4.78, 5) is 0. The molecule has 4 N–H and O–H groups in total. The monoisotopic (exact) mass is 283 g/mol. The summed E-state index contributed by atoms with van der Waals surface area (Å²) in [6, 6.07) is 8.23. The van der Waals surface area contributed by atoms with E-state index in [-0.39, 0.29) is 0 Å². The van der Waals surface area contributed by atoms with Crippen molar-refractivity contribution >= 4 is 11.6 Å². The van der Waals surface area contributed by atoms with E-state index in [1.807, 2.05) is 18.2 Å². The Balaban J connectivity index is 1.79. The van der Waals surface area contributed by atoms with E-state index in [4.69, 9.17) is 11.6 Å². The number of rotatable bonds is 5. The highest BCUT2D eigenvalue weighted by Gasteiger charge is 2.29. The summed E-state index contributed by atoms with van der Waals surface area (Å²) >= 11 is 5.92. The maximum absolute atomic E-state index is 10.1. The van der Waals surface area contributed by atoms with Gasteiger partial charge >= 0.3 is 0 Å². The molecule has 0 saturated carbocycles. The van der Waals surface area contributed by atoms with Crippen molar-refractivity contribution in [2.75, 3.05) is 13.1 Å². The number of hydrazine groups is 1. The Bertz CT molecular complexity index is 405. The van der Waals surface area contributed by atoms with Crippen molar-refractivity contribution in [3.05, 3.63) is 34.9 Å². The van der Waals surface area contributed by atoms with Gasteiger partial charge in [0, 0.05) is 36.1 Å². The molecule has 5 heteroatoms. The lowest BCUT2D eigenvalue weighted by atomic mass is 9.96. The molecular weight excluding hydrogens is 262 g/mol. The van der Waals surface area contributed by atoms with Gasteiger partial charge in [-0.05, 0) is 31.5 Å². The van der Waals surface area contributed by atoms with Gasteiger partial charge in [0.25, 0.3) is 0 Å². The Hall–Kier alpha value is -0.650. The molecular formula is C14H22ClN3O. The number of hydrogen-bond acceptors (Lipinski definition) is 4. The van der Waals surface area contributed by atoms with Gasteiger partial charge in [0.1, 0.15) is 0 Å². The number of benzene rings is 1. The van der Waals surface area contributed by atoms with E-state index in [0.717, 1.165) is 12.1 Å². The van der Waals surface area contributed by atoms with Crippen LogP contribution in [0.4, 0.5) is 0 Å². The van der Waals surface area contributed by atoms with Crippen LogP contribution in [0.2, 0.25) is 5.02 Å². The van der Waals surface area contributed by atoms with Crippen molar-refractivity contribution in [1.29, 1.82) is 0 Å². The summed E-state index contributed by atoms with van der Waals surface area (Å²) in [5, 5.41) is 14.1. The third kappa shape index (κ3) is 3.91. The number of nitrogens with one attached hydrogen (secondary N) is 3. The zero-order chi connectivity index (χ0) is 13.8. The Morgan fingerprint density at radius 2 is 2.00 bits per heavy atom. The van der Waals surface area contributed by atoms with E-state index in [1.54, 1.807) is 6.07 Å². The summed E-state index contributed by atoms with van der Waals surface area (Å²) in [6.07, 6.45) is -0.522. The van der Waals surface area contributed by atoms with E-state index in [0.29, 0.717) is 29.6 Å². The van der Waals surface area contributed by atoms with Crippen LogP contribution in [0.3, 0.4) is 0 Å². The molecule has 1 heterocycles. The molecule has 19 heavy (non-hydrogen) atoms. The van der Waals surface area contributed by atoms with E-state index in [1.165, 1.54) is 0 Å². The normalized spacial score (nSPS) is 28.5. The van der Waals surface area contributed by atoms with Gasteiger partial charge in [-0.1, -0.05) is 23.7 Å². The van der Waals surface area contributed by atoms with Crippen LogP contribution in [0.25, 0.3) is 0 Å². The lowest BCUT2D eigenvalue weighted by Crippen LogP contribution is -2.35. The number of halogens is 1. The zero-order valence-electron chi connectivity index (χ0n) is 11.4. The summed E-state index contributed by atoms with van der Waals surface area (Å²) in [6.45, 7) is 5.74. The molecule has 2 rings (SSSR count). The van der Waals surface area contributed by atoms with Gasteiger partial charge in [0.2, 0.25) is 0 Å². The Kier molecular flexibility index (Phi) is 5.19. The molecule has 1 fully saturated rings. The first-order valence-corrected chi connectivity index (χ1v) is 7.11. The Morgan fingerprint density at radius 3 is 2.63 bits per heavy atom. The van der Waals surface area contributed by atoms with Crippen LogP contribution in [0.5, 0.6) is 0 Å². The minimum absolute atomic E-state index is 0.436. The second-order valence-electron chi connectivity index (χ2n) is 5.26. The van der Waals surface area contributed by atoms with Gasteiger partial charge in [-0.25, -0.2) is 0 Å². The van der Waals surface area contributed by atoms with E-state index >= 15 is 0 Å². The second-order valence-corrected chi connectivity index (χ2v) is 5.70. The molecule has 0 radical (unpaired) electrons. The Labute approximate surface area is 119 Å². The fraction of sp³-hybridized carbons (Fsp3) is 0.571. The predicted molar refractivity (Wildman–Crippen MR) is 78.0 cm³/mol. The fourth-order valence-electron chi connectivity index (χ4n) is 2.48. The van der Waals surface area contributed by atoms with Gasteiger partial charge in [-0.15, -0.1) is 0 Å². The van der Waals surface area contributed by atoms with E-state index in [9.17, 15) is 5.11 Å². The van der Waals surface area contributed by atoms with Crippen LogP contribution >= 0.6 is 11.6 Å². The standard InChI is InChI=1S/C14H22ClN3O/c1-9-13(10(2)18-17-9)7-16-8-14(19)11-4-3-5-12(15)6-11/h3-6,9-10,13-14,16-19H,7-8H2,1-2H3. The van der Waals surface area contributed by atoms with Crippen LogP contribution in [0.1, 0.15) is 25.5 Å². The van der Waals surface area contributed by atoms with Crippen LogP contribution in [0.15, 0.2) is 24.3 Å². The maximum atomic E-state index is 10.1. The highest BCUT2D eigenvalue weighted by atomic mass is 35.5. The maximum Gasteiger partial charge on any atom is 0.0914 e. The molecule has 1 aliphatic rings.